The molecule has 4 fully saturated rings. The Balaban J connectivity index is 0.783. The van der Waals surface area contributed by atoms with Gasteiger partial charge in [0.15, 0.2) is 12.4 Å². The molecular weight excluding hydrogens is 844 g/mol. The Labute approximate surface area is 364 Å². The molecule has 0 radical (unpaired) electrons. The molecule has 3 atom stereocenters. The van der Waals surface area contributed by atoms with Crippen molar-refractivity contribution in [2.75, 3.05) is 54.9 Å². The van der Waals surface area contributed by atoms with Crippen molar-refractivity contribution in [2.24, 2.45) is 25.9 Å². The molecule has 3 unspecified atom stereocenters. The number of hydrogen-bond donors (Lipinski definition) is 3. The van der Waals surface area contributed by atoms with Gasteiger partial charge in [-0.1, -0.05) is 23.7 Å². The van der Waals surface area contributed by atoms with Crippen LogP contribution in [0.15, 0.2) is 47.4 Å². The van der Waals surface area contributed by atoms with Crippen LogP contribution in [0.1, 0.15) is 68.0 Å². The smallest absolute Gasteiger partial charge is 0.301 e. The number of benzene rings is 2. The van der Waals surface area contributed by atoms with Crippen molar-refractivity contribution in [3.63, 3.8) is 0 Å². The third-order valence-electron chi connectivity index (χ3n) is 13.6. The number of halogens is 5. The number of alkyl halides is 4. The SMILES string of the molecule is Cn1nc(C2CCC(=O)NC2=O)c2ccc(C3CCN(CC4CCN(c5ncc(Cl)c(Nc6ccc7c(c6)c6c(c(=O)n7C)OCC(F)(F)C(C7CC7)N6)n5)CC4)CC3(F)F)cc21. The summed E-state index contributed by atoms with van der Waals surface area (Å²) in [5, 5.41) is 14.7. The van der Waals surface area contributed by atoms with Crippen molar-refractivity contribution < 1.29 is 31.9 Å². The Bertz CT molecular complexity index is 2720. The minimum Gasteiger partial charge on any atom is -0.480 e. The fourth-order valence-corrected chi connectivity index (χ4v) is 10.1. The number of anilines is 4. The average molecular weight is 891 g/mol. The van der Waals surface area contributed by atoms with E-state index < -0.39 is 41.9 Å². The summed E-state index contributed by atoms with van der Waals surface area (Å²) in [5.74, 6) is -7.70. The number of carbonyl (C=O) groups excluding carboxylic acids is 2. The molecule has 5 aromatic rings. The van der Waals surface area contributed by atoms with E-state index >= 15 is 17.6 Å². The number of ether oxygens (including phenoxy) is 1. The van der Waals surface area contributed by atoms with E-state index in [1.54, 1.807) is 55.2 Å². The number of piperidine rings is 3. The van der Waals surface area contributed by atoms with Gasteiger partial charge in [0.05, 0.1) is 53.0 Å². The molecule has 3 saturated heterocycles. The number of nitrogens with one attached hydrogen (secondary N) is 3. The van der Waals surface area contributed by atoms with Crippen LogP contribution < -0.4 is 31.1 Å². The second kappa shape index (κ2) is 15.6. The van der Waals surface area contributed by atoms with E-state index in [9.17, 15) is 14.4 Å². The maximum atomic E-state index is 16.0. The van der Waals surface area contributed by atoms with Gasteiger partial charge in [0.1, 0.15) is 5.02 Å². The van der Waals surface area contributed by atoms with Crippen LogP contribution in [0.25, 0.3) is 21.8 Å². The van der Waals surface area contributed by atoms with Gasteiger partial charge in [-0.3, -0.25) is 29.3 Å². The highest BCUT2D eigenvalue weighted by Crippen LogP contribution is 2.46. The Kier molecular flexibility index (Phi) is 10.3. The molecular formula is C44H47ClF4N10O4. The Morgan fingerprint density at radius 3 is 2.46 bits per heavy atom. The molecule has 1 saturated carbocycles. The third-order valence-corrected chi connectivity index (χ3v) is 13.8. The molecule has 7 heterocycles. The molecule has 3 aromatic heterocycles. The number of fused-ring (bicyclic) bond motifs is 4. The largest absolute Gasteiger partial charge is 0.480 e. The highest BCUT2D eigenvalue weighted by Gasteiger charge is 2.51. The van der Waals surface area contributed by atoms with E-state index in [4.69, 9.17) is 21.3 Å². The highest BCUT2D eigenvalue weighted by molar-refractivity contribution is 6.33. The first-order valence-corrected chi connectivity index (χ1v) is 21.9. The Morgan fingerprint density at radius 2 is 1.71 bits per heavy atom. The molecule has 5 aliphatic rings. The second-order valence-electron chi connectivity index (χ2n) is 17.9. The number of rotatable bonds is 8. The molecule has 63 heavy (non-hydrogen) atoms. The molecule has 3 N–H and O–H groups in total. The lowest BCUT2D eigenvalue weighted by molar-refractivity contribution is -0.134. The maximum absolute atomic E-state index is 16.0. The number of nitrogens with zero attached hydrogens (tertiary/aromatic N) is 7. The van der Waals surface area contributed by atoms with Crippen LogP contribution in [0, 0.1) is 11.8 Å². The first-order chi connectivity index (χ1) is 30.1. The Morgan fingerprint density at radius 1 is 0.921 bits per heavy atom. The number of aromatic nitrogens is 5. The van der Waals surface area contributed by atoms with Gasteiger partial charge < -0.3 is 24.8 Å². The minimum absolute atomic E-state index is 0.141. The zero-order chi connectivity index (χ0) is 43.9. The number of hydrogen-bond acceptors (Lipinski definition) is 11. The lowest BCUT2D eigenvalue weighted by Crippen LogP contribution is -2.49. The van der Waals surface area contributed by atoms with Gasteiger partial charge in [0, 0.05) is 56.6 Å². The zero-order valence-electron chi connectivity index (χ0n) is 34.8. The van der Waals surface area contributed by atoms with Gasteiger partial charge in [-0.15, -0.1) is 0 Å². The quantitative estimate of drug-likeness (QED) is 0.113. The van der Waals surface area contributed by atoms with Crippen molar-refractivity contribution in [1.29, 1.82) is 0 Å². The highest BCUT2D eigenvalue weighted by atomic mass is 35.5. The van der Waals surface area contributed by atoms with Gasteiger partial charge in [0.2, 0.25) is 23.5 Å². The number of pyridine rings is 1. The van der Waals surface area contributed by atoms with Crippen LogP contribution in [0.3, 0.4) is 0 Å². The van der Waals surface area contributed by atoms with E-state index in [-0.39, 0.29) is 53.1 Å². The summed E-state index contributed by atoms with van der Waals surface area (Å²) in [6.45, 7) is 1.10. The van der Waals surface area contributed by atoms with Crippen LogP contribution in [0.5, 0.6) is 5.75 Å². The summed E-state index contributed by atoms with van der Waals surface area (Å²) in [7, 11) is 3.31. The van der Waals surface area contributed by atoms with Gasteiger partial charge in [0.25, 0.3) is 11.5 Å². The molecule has 10 rings (SSSR count). The minimum atomic E-state index is -3.16. The van der Waals surface area contributed by atoms with Crippen molar-refractivity contribution in [3.8, 4) is 5.75 Å². The normalized spacial score (nSPS) is 24.1. The van der Waals surface area contributed by atoms with E-state index in [0.29, 0.717) is 97.0 Å². The second-order valence-corrected chi connectivity index (χ2v) is 18.3. The Hall–Kier alpha value is -5.49. The number of likely N-dealkylation sites (tertiary alicyclic amines) is 1. The third kappa shape index (κ3) is 7.72. The summed E-state index contributed by atoms with van der Waals surface area (Å²) < 4.78 is 70.8. The predicted molar refractivity (Wildman–Crippen MR) is 230 cm³/mol. The summed E-state index contributed by atoms with van der Waals surface area (Å²) in [4.78, 5) is 50.7. The van der Waals surface area contributed by atoms with Crippen molar-refractivity contribution in [1.82, 2.24) is 34.5 Å². The first kappa shape index (κ1) is 41.5. The van der Waals surface area contributed by atoms with E-state index in [2.05, 4.69) is 30.9 Å². The predicted octanol–water partition coefficient (Wildman–Crippen LogP) is 6.69. The van der Waals surface area contributed by atoms with Crippen LogP contribution >= 0.6 is 11.6 Å². The summed E-state index contributed by atoms with van der Waals surface area (Å²) in [6.07, 6.45) is 5.26. The van der Waals surface area contributed by atoms with Crippen LogP contribution in [0.4, 0.5) is 40.7 Å². The maximum Gasteiger partial charge on any atom is 0.301 e. The summed E-state index contributed by atoms with van der Waals surface area (Å²) in [6, 6.07) is 9.37. The van der Waals surface area contributed by atoms with Crippen molar-refractivity contribution in [2.45, 2.75) is 74.7 Å². The lowest BCUT2D eigenvalue weighted by Gasteiger charge is -2.41. The van der Waals surface area contributed by atoms with E-state index in [0.717, 1.165) is 18.2 Å². The van der Waals surface area contributed by atoms with Crippen LogP contribution in [-0.4, -0.2) is 98.2 Å². The monoisotopic (exact) mass is 890 g/mol. The molecule has 1 aliphatic carbocycles. The van der Waals surface area contributed by atoms with Gasteiger partial charge >= 0.3 is 5.92 Å². The van der Waals surface area contributed by atoms with E-state index in [1.165, 1.54) is 10.8 Å². The molecule has 0 bridgehead atoms. The molecule has 4 aliphatic heterocycles. The number of carbonyl (C=O) groups is 2. The van der Waals surface area contributed by atoms with Crippen LogP contribution in [-0.2, 0) is 23.7 Å². The summed E-state index contributed by atoms with van der Waals surface area (Å²) in [5.41, 5.74) is 2.60. The first-order valence-electron chi connectivity index (χ1n) is 21.5. The standard InChI is InChI=1S/C44H47ClF4N10O4/c1-56-32-9-6-26(18-29(32)36-37(41(56)62)63-22-44(48,49)38(53-36)24-3-4-24)51-39-31(45)19-50-42(54-39)59-15-11-23(12-16-59)20-58-14-13-30(43(46,47)21-58)25-5-7-27-33(17-25)57(2)55-35(27)28-8-10-34(60)52-40(28)61/h5-7,9,17-19,23-24,28,30,38,53H,3-4,8,10-16,20-22H2,1-2H3,(H,50,51,54)(H,52,60,61). The summed E-state index contributed by atoms with van der Waals surface area (Å²) >= 11 is 6.59. The average Bonchev–Trinajstić information content (AvgIpc) is 4.05. The van der Waals surface area contributed by atoms with Crippen molar-refractivity contribution >= 4 is 68.4 Å². The van der Waals surface area contributed by atoms with Crippen LogP contribution in [0.2, 0.25) is 5.02 Å². The topological polar surface area (TPSA) is 152 Å². The number of aryl methyl sites for hydroxylation is 2. The van der Waals surface area contributed by atoms with Gasteiger partial charge in [-0.2, -0.15) is 10.1 Å². The molecule has 2 aromatic carbocycles. The van der Waals surface area contributed by atoms with Gasteiger partial charge in [-0.25, -0.2) is 22.5 Å². The van der Waals surface area contributed by atoms with Gasteiger partial charge in [-0.05, 0) is 86.7 Å². The zero-order valence-corrected chi connectivity index (χ0v) is 35.5. The van der Waals surface area contributed by atoms with Crippen molar-refractivity contribution in [3.05, 3.63) is 69.2 Å². The fourth-order valence-electron chi connectivity index (χ4n) is 10.0. The molecule has 0 spiro atoms. The molecule has 19 heteroatoms. The lowest BCUT2D eigenvalue weighted by atomic mass is 9.84. The number of imide groups is 1. The fraction of sp³-hybridized carbons (Fsp3) is 0.500. The number of amides is 2. The van der Waals surface area contributed by atoms with E-state index in [1.807, 2.05) is 4.90 Å². The molecule has 332 valence electrons. The molecule has 2 amide bonds. The molecule has 14 nitrogen and oxygen atoms in total.